The van der Waals surface area contributed by atoms with Gasteiger partial charge in [-0.3, -0.25) is 53.3 Å². The number of aromatic nitrogens is 4. The van der Waals surface area contributed by atoms with Crippen LogP contribution in [0.5, 0.6) is 6.01 Å². The Morgan fingerprint density at radius 3 is 2.15 bits per heavy atom. The third kappa shape index (κ3) is 16.9. The SMILES string of the molecule is CCCCOc1nc(N)c2n[nH]c(Cc3ccc(CN4CCN(C(=O)[C@@H](OCNC(=O)CNC(=O)[C@H](Cc5ccccc5)NC(=O)CNC(=O)CNC(=O)CCCCCN5C(=O)C=CC5=O)C5CC5)CC4)cc3)c2n1. The molecule has 23 heteroatoms. The molecule has 1 saturated carbocycles. The van der Waals surface area contributed by atoms with Crippen molar-refractivity contribution in [3.63, 3.8) is 0 Å². The normalized spacial score (nSPS) is 15.4. The second-order valence-electron chi connectivity index (χ2n) is 18.8. The summed E-state index contributed by atoms with van der Waals surface area (Å²) in [5.74, 6) is -3.36. The van der Waals surface area contributed by atoms with E-state index in [4.69, 9.17) is 15.2 Å². The van der Waals surface area contributed by atoms with Crippen LogP contribution in [0.4, 0.5) is 5.82 Å². The van der Waals surface area contributed by atoms with E-state index in [2.05, 4.69) is 82.8 Å². The van der Waals surface area contributed by atoms with Crippen molar-refractivity contribution in [1.82, 2.24) is 61.4 Å². The summed E-state index contributed by atoms with van der Waals surface area (Å²) in [5, 5.41) is 20.1. The maximum atomic E-state index is 13.7. The fourth-order valence-corrected chi connectivity index (χ4v) is 8.54. The van der Waals surface area contributed by atoms with Gasteiger partial charge in [0.1, 0.15) is 24.4 Å². The number of unbranched alkanes of at least 4 members (excludes halogenated alkanes) is 3. The Kier molecular flexibility index (Phi) is 20.1. The van der Waals surface area contributed by atoms with Crippen LogP contribution in [0.1, 0.15) is 80.7 Å². The van der Waals surface area contributed by atoms with Crippen LogP contribution in [0, 0.1) is 5.92 Å². The number of nitrogen functional groups attached to an aromatic ring is 1. The summed E-state index contributed by atoms with van der Waals surface area (Å²) in [6.07, 6.45) is 7.71. The number of piperazine rings is 1. The summed E-state index contributed by atoms with van der Waals surface area (Å²) >= 11 is 0. The molecule has 8 N–H and O–H groups in total. The van der Waals surface area contributed by atoms with Crippen molar-refractivity contribution in [2.24, 2.45) is 5.92 Å². The first-order valence-electron chi connectivity index (χ1n) is 25.6. The van der Waals surface area contributed by atoms with Crippen molar-refractivity contribution in [1.29, 1.82) is 0 Å². The minimum Gasteiger partial charge on any atom is -0.463 e. The molecule has 4 aromatic rings. The third-order valence-corrected chi connectivity index (χ3v) is 13.0. The number of hydrogen-bond donors (Lipinski definition) is 7. The highest BCUT2D eigenvalue weighted by Crippen LogP contribution is 2.35. The summed E-state index contributed by atoms with van der Waals surface area (Å²) in [4.78, 5) is 115. The van der Waals surface area contributed by atoms with E-state index in [1.807, 2.05) is 11.0 Å². The first-order chi connectivity index (χ1) is 36.3. The number of hydrogen-bond acceptors (Lipinski definition) is 15. The minimum absolute atomic E-state index is 0.0520. The van der Waals surface area contributed by atoms with E-state index < -0.39 is 48.9 Å². The molecule has 0 bridgehead atoms. The molecule has 4 heterocycles. The number of nitrogens with two attached hydrogens (primary N) is 1. The summed E-state index contributed by atoms with van der Waals surface area (Å²) in [7, 11) is 0. The Hall–Kier alpha value is -7.79. The van der Waals surface area contributed by atoms with Gasteiger partial charge in [0.15, 0.2) is 11.3 Å². The predicted octanol–water partition coefficient (Wildman–Crippen LogP) is 0.779. The number of nitrogens with one attached hydrogen (secondary N) is 6. The van der Waals surface area contributed by atoms with E-state index in [0.29, 0.717) is 69.5 Å². The van der Waals surface area contributed by atoms with Gasteiger partial charge in [-0.2, -0.15) is 15.1 Å². The largest absolute Gasteiger partial charge is 0.463 e. The molecule has 1 aliphatic carbocycles. The van der Waals surface area contributed by atoms with E-state index in [0.717, 1.165) is 59.5 Å². The average Bonchev–Trinajstić information content (AvgIpc) is 4.10. The maximum absolute atomic E-state index is 13.7. The molecule has 0 spiro atoms. The third-order valence-electron chi connectivity index (χ3n) is 13.0. The molecule has 75 heavy (non-hydrogen) atoms. The van der Waals surface area contributed by atoms with Crippen LogP contribution in [-0.4, -0.2) is 160 Å². The van der Waals surface area contributed by atoms with E-state index in [-0.39, 0.29) is 74.0 Å². The van der Waals surface area contributed by atoms with Gasteiger partial charge in [0, 0.05) is 70.7 Å². The lowest BCUT2D eigenvalue weighted by Crippen LogP contribution is -2.53. The standard InChI is InChI=1S/C52H67N13O10/c1-2-3-26-74-52-59-46-38(61-62-47(46)49(53)60-52)27-35-13-15-36(16-14-35)32-63-22-24-64(25-23-63)51(73)48(37-17-18-37)75-33-57-42(68)30-56-50(72)39(28-34-10-6-4-7-11-34)58-43(69)31-55-41(67)29-54-40(66)12-8-5-9-21-65-44(70)19-20-45(65)71/h4,6-7,10-11,13-16,19-20,37,39,48H,2-3,5,8-9,12,17-18,21-33H2,1H3,(H,54,66)(H,55,67)(H,56,72)(H,57,68)(H,58,69)(H,61,62)(H2,53,59,60)/t39-,48-/m0/s1. The average molecular weight is 1030 g/mol. The van der Waals surface area contributed by atoms with Gasteiger partial charge in [0.05, 0.1) is 31.9 Å². The molecule has 23 nitrogen and oxygen atoms in total. The van der Waals surface area contributed by atoms with Gasteiger partial charge in [-0.25, -0.2) is 0 Å². The molecule has 3 aliphatic rings. The van der Waals surface area contributed by atoms with E-state index in [9.17, 15) is 38.4 Å². The first kappa shape index (κ1) is 55.0. The van der Waals surface area contributed by atoms with Crippen LogP contribution >= 0.6 is 0 Å². The number of carbonyl (C=O) groups excluding carboxylic acids is 8. The second-order valence-corrected chi connectivity index (χ2v) is 18.8. The van der Waals surface area contributed by atoms with Crippen LogP contribution in [0.2, 0.25) is 0 Å². The number of aromatic amines is 1. The number of anilines is 1. The molecule has 2 aromatic heterocycles. The van der Waals surface area contributed by atoms with Gasteiger partial charge in [-0.15, -0.1) is 0 Å². The lowest BCUT2D eigenvalue weighted by Gasteiger charge is -2.36. The monoisotopic (exact) mass is 1030 g/mol. The highest BCUT2D eigenvalue weighted by Gasteiger charge is 2.40. The molecular formula is C52H67N13O10. The van der Waals surface area contributed by atoms with Gasteiger partial charge in [-0.1, -0.05) is 74.4 Å². The number of benzene rings is 2. The van der Waals surface area contributed by atoms with Crippen LogP contribution in [-0.2, 0) is 62.5 Å². The van der Waals surface area contributed by atoms with Crippen molar-refractivity contribution < 1.29 is 47.8 Å². The quantitative estimate of drug-likeness (QED) is 0.0225. The van der Waals surface area contributed by atoms with E-state index in [1.54, 1.807) is 24.3 Å². The fraction of sp³-hybridized carbons (Fsp3) is 0.481. The number of ether oxygens (including phenoxy) is 2. The minimum atomic E-state index is -1.10. The van der Waals surface area contributed by atoms with Gasteiger partial charge in [0.25, 0.3) is 17.7 Å². The number of H-pyrrole nitrogens is 1. The lowest BCUT2D eigenvalue weighted by molar-refractivity contribution is -0.149. The van der Waals surface area contributed by atoms with Crippen molar-refractivity contribution >= 4 is 64.1 Å². The molecule has 2 atom stereocenters. The Morgan fingerprint density at radius 1 is 0.747 bits per heavy atom. The van der Waals surface area contributed by atoms with Crippen LogP contribution in [0.25, 0.3) is 11.0 Å². The molecule has 0 radical (unpaired) electrons. The number of nitrogens with zero attached hydrogens (tertiary/aromatic N) is 6. The molecule has 400 valence electrons. The molecule has 0 unspecified atom stereocenters. The van der Waals surface area contributed by atoms with Crippen LogP contribution in [0.15, 0.2) is 66.7 Å². The van der Waals surface area contributed by atoms with Gasteiger partial charge in [0.2, 0.25) is 29.5 Å². The second kappa shape index (κ2) is 27.5. The molecule has 2 fully saturated rings. The van der Waals surface area contributed by atoms with Crippen molar-refractivity contribution in [3.05, 3.63) is 89.1 Å². The molecule has 8 amide bonds. The van der Waals surface area contributed by atoms with Crippen molar-refractivity contribution in [2.45, 2.75) is 89.8 Å². The van der Waals surface area contributed by atoms with Crippen LogP contribution in [0.3, 0.4) is 0 Å². The molecular weight excluding hydrogens is 967 g/mol. The topological polar surface area (TPSA) is 305 Å². The number of imide groups is 1. The lowest BCUT2D eigenvalue weighted by atomic mass is 10.1. The number of fused-ring (bicyclic) bond motifs is 1. The Morgan fingerprint density at radius 2 is 1.43 bits per heavy atom. The smallest absolute Gasteiger partial charge is 0.319 e. The Balaban J connectivity index is 0.784. The number of carbonyl (C=O) groups is 8. The van der Waals surface area contributed by atoms with Gasteiger partial charge < -0.3 is 46.7 Å². The summed E-state index contributed by atoms with van der Waals surface area (Å²) in [6, 6.07) is 16.5. The Labute approximate surface area is 434 Å². The van der Waals surface area contributed by atoms with Crippen molar-refractivity contribution in [2.75, 3.05) is 71.4 Å². The van der Waals surface area contributed by atoms with E-state index >= 15 is 0 Å². The zero-order chi connectivity index (χ0) is 53.1. The predicted molar refractivity (Wildman–Crippen MR) is 274 cm³/mol. The zero-order valence-corrected chi connectivity index (χ0v) is 42.3. The maximum Gasteiger partial charge on any atom is 0.319 e. The summed E-state index contributed by atoms with van der Waals surface area (Å²) in [5.41, 5.74) is 11.1. The van der Waals surface area contributed by atoms with Crippen molar-refractivity contribution in [3.8, 4) is 6.01 Å². The van der Waals surface area contributed by atoms with E-state index in [1.165, 1.54) is 12.2 Å². The molecule has 1 saturated heterocycles. The summed E-state index contributed by atoms with van der Waals surface area (Å²) < 4.78 is 11.7. The first-order valence-corrected chi connectivity index (χ1v) is 25.6. The number of rotatable bonds is 29. The number of amides is 8. The fourth-order valence-electron chi connectivity index (χ4n) is 8.54. The molecule has 2 aromatic carbocycles. The van der Waals surface area contributed by atoms with Gasteiger partial charge in [-0.05, 0) is 54.7 Å². The zero-order valence-electron chi connectivity index (χ0n) is 42.3. The molecule has 7 rings (SSSR count). The summed E-state index contributed by atoms with van der Waals surface area (Å²) in [6.45, 7) is 4.51. The van der Waals surface area contributed by atoms with Gasteiger partial charge >= 0.3 is 6.01 Å². The molecule has 2 aliphatic heterocycles. The highest BCUT2D eigenvalue weighted by molar-refractivity contribution is 6.12. The van der Waals surface area contributed by atoms with Crippen LogP contribution < -0.4 is 37.1 Å². The Bertz CT molecular complexity index is 2650. The highest BCUT2D eigenvalue weighted by atomic mass is 16.5.